The fraction of sp³-hybridized carbons (Fsp3) is 1.00. The Hall–Kier alpha value is 0.452. The fourth-order valence-electron chi connectivity index (χ4n) is 0. The molecular formula is C6H23AlO2. The van der Waals surface area contributed by atoms with Crippen LogP contribution in [-0.2, 0) is 0 Å². The van der Waals surface area contributed by atoms with Crippen molar-refractivity contribution >= 4 is 16.3 Å². The second kappa shape index (κ2) is 223. The van der Waals surface area contributed by atoms with Crippen LogP contribution in [0.4, 0.5) is 0 Å². The molecule has 0 spiro atoms. The monoisotopic (exact) mass is 154 g/mol. The second-order valence-corrected chi connectivity index (χ2v) is 1.22. The van der Waals surface area contributed by atoms with Crippen LogP contribution in [0.5, 0.6) is 0 Å². The Labute approximate surface area is 68.7 Å². The van der Waals surface area contributed by atoms with E-state index in [1.54, 1.807) is 0 Å². The SMILES string of the molecule is C.C.CC.C[CH2][Al].O.O. The minimum Gasteiger partial charge on any atom is -0.412 e. The average Bonchev–Trinajstić information content (AvgIpc) is 1.46. The summed E-state index contributed by atoms with van der Waals surface area (Å²) in [4.78, 5) is 0. The van der Waals surface area contributed by atoms with E-state index in [1.807, 2.05) is 13.8 Å². The van der Waals surface area contributed by atoms with E-state index in [0.717, 1.165) is 0 Å². The average molecular weight is 154 g/mol. The van der Waals surface area contributed by atoms with Crippen LogP contribution < -0.4 is 0 Å². The lowest BCUT2D eigenvalue weighted by molar-refractivity contribution is 0.823. The van der Waals surface area contributed by atoms with Crippen molar-refractivity contribution in [2.75, 3.05) is 0 Å². The summed E-state index contributed by atoms with van der Waals surface area (Å²) in [5.41, 5.74) is 0. The molecule has 0 aromatic rings. The molecule has 0 atom stereocenters. The molecular weight excluding hydrogens is 131 g/mol. The van der Waals surface area contributed by atoms with Gasteiger partial charge >= 0.3 is 0 Å². The zero-order valence-electron chi connectivity index (χ0n) is 5.28. The summed E-state index contributed by atoms with van der Waals surface area (Å²) in [6.45, 7) is 6.09. The van der Waals surface area contributed by atoms with Gasteiger partial charge in [-0.1, -0.05) is 35.6 Å². The zero-order valence-corrected chi connectivity index (χ0v) is 6.44. The lowest BCUT2D eigenvalue weighted by Crippen LogP contribution is -1.41. The van der Waals surface area contributed by atoms with Crippen molar-refractivity contribution in [3.63, 3.8) is 0 Å². The van der Waals surface area contributed by atoms with Crippen molar-refractivity contribution in [2.45, 2.75) is 40.9 Å². The third kappa shape index (κ3) is 1720. The van der Waals surface area contributed by atoms with Gasteiger partial charge in [0.05, 0.1) is 0 Å². The highest BCUT2D eigenvalue weighted by Gasteiger charge is 1.37. The number of rotatable bonds is 0. The van der Waals surface area contributed by atoms with E-state index in [9.17, 15) is 0 Å². The molecule has 0 aromatic carbocycles. The smallest absolute Gasteiger partial charge is 0.117 e. The van der Waals surface area contributed by atoms with Crippen molar-refractivity contribution in [3.05, 3.63) is 0 Å². The molecule has 0 bridgehead atoms. The molecule has 0 saturated heterocycles. The summed E-state index contributed by atoms with van der Waals surface area (Å²) >= 11 is 2.58. The summed E-state index contributed by atoms with van der Waals surface area (Å²) in [6, 6.07) is 0. The second-order valence-electron chi connectivity index (χ2n) is 0.408. The Bertz CT molecular complexity index is 11.0. The molecule has 0 unspecified atom stereocenters. The van der Waals surface area contributed by atoms with Gasteiger partial charge in [0.2, 0.25) is 0 Å². The molecule has 0 amide bonds. The molecule has 0 rings (SSSR count). The Balaban J connectivity index is -0.00000000357. The Morgan fingerprint density at radius 1 is 1.00 bits per heavy atom. The van der Waals surface area contributed by atoms with Crippen LogP contribution in [-0.4, -0.2) is 27.2 Å². The maximum absolute atomic E-state index is 2.58. The van der Waals surface area contributed by atoms with Gasteiger partial charge in [0.15, 0.2) is 0 Å². The van der Waals surface area contributed by atoms with Crippen molar-refractivity contribution in [2.24, 2.45) is 0 Å². The Morgan fingerprint density at radius 3 is 1.00 bits per heavy atom. The van der Waals surface area contributed by atoms with Crippen LogP contribution in [0, 0.1) is 0 Å². The quantitative estimate of drug-likeness (QED) is 0.471. The van der Waals surface area contributed by atoms with Crippen LogP contribution in [0.3, 0.4) is 0 Å². The van der Waals surface area contributed by atoms with Gasteiger partial charge in [0.25, 0.3) is 0 Å². The summed E-state index contributed by atoms with van der Waals surface area (Å²) < 4.78 is 0. The Morgan fingerprint density at radius 2 is 1.00 bits per heavy atom. The van der Waals surface area contributed by atoms with Crippen LogP contribution in [0.25, 0.3) is 0 Å². The van der Waals surface area contributed by atoms with Crippen molar-refractivity contribution in [1.82, 2.24) is 0 Å². The first kappa shape index (κ1) is 56.7. The lowest BCUT2D eigenvalue weighted by atomic mass is 11.0. The van der Waals surface area contributed by atoms with Gasteiger partial charge in [-0.15, -0.1) is 5.28 Å². The highest BCUT2D eigenvalue weighted by atomic mass is 27.0. The first-order valence-corrected chi connectivity index (χ1v) is 2.93. The number of hydrogen-bond donors (Lipinski definition) is 0. The van der Waals surface area contributed by atoms with Gasteiger partial charge in [0, 0.05) is 0 Å². The first-order valence-electron chi connectivity index (χ1n) is 2.12. The molecule has 3 heteroatoms. The van der Waals surface area contributed by atoms with E-state index in [-0.39, 0.29) is 25.8 Å². The van der Waals surface area contributed by atoms with E-state index < -0.39 is 0 Å². The normalized spacial score (nSPS) is 2.56. The van der Waals surface area contributed by atoms with E-state index in [2.05, 4.69) is 23.2 Å². The molecule has 0 aliphatic heterocycles. The molecule has 0 aliphatic carbocycles. The van der Waals surface area contributed by atoms with E-state index >= 15 is 0 Å². The minimum atomic E-state index is 0. The van der Waals surface area contributed by atoms with Gasteiger partial charge < -0.3 is 11.0 Å². The van der Waals surface area contributed by atoms with Crippen LogP contribution >= 0.6 is 0 Å². The predicted molar refractivity (Wildman–Crippen MR) is 48.3 cm³/mol. The summed E-state index contributed by atoms with van der Waals surface area (Å²) in [5.74, 6) is 0. The molecule has 62 valence electrons. The predicted octanol–water partition coefficient (Wildman–Crippen LogP) is 1.24. The van der Waals surface area contributed by atoms with Crippen LogP contribution in [0.2, 0.25) is 5.28 Å². The minimum absolute atomic E-state index is 0. The standard InChI is InChI=1S/C2H6.C2H5.2CH4.Al.2H2O/c2*1-2;;;;;/h1-2H3;1H2,2H3;2*1H4;;2*1H2. The maximum Gasteiger partial charge on any atom is 0.117 e. The van der Waals surface area contributed by atoms with Gasteiger partial charge in [0.1, 0.15) is 16.3 Å². The zero-order chi connectivity index (χ0) is 4.71. The summed E-state index contributed by atoms with van der Waals surface area (Å²) in [7, 11) is 0. The molecule has 0 fully saturated rings. The van der Waals surface area contributed by atoms with Crippen molar-refractivity contribution < 1.29 is 11.0 Å². The molecule has 0 aliphatic rings. The fourth-order valence-corrected chi connectivity index (χ4v) is 0. The summed E-state index contributed by atoms with van der Waals surface area (Å²) in [6.07, 6.45) is 0. The molecule has 9 heavy (non-hydrogen) atoms. The molecule has 0 heterocycles. The van der Waals surface area contributed by atoms with Crippen molar-refractivity contribution in [1.29, 1.82) is 0 Å². The molecule has 2 nitrogen and oxygen atoms in total. The van der Waals surface area contributed by atoms with E-state index in [4.69, 9.17) is 0 Å². The van der Waals surface area contributed by atoms with Gasteiger partial charge in [-0.05, 0) is 0 Å². The van der Waals surface area contributed by atoms with Gasteiger partial charge in [-0.25, -0.2) is 0 Å². The van der Waals surface area contributed by atoms with Crippen molar-refractivity contribution in [3.8, 4) is 0 Å². The number of hydrogen-bond acceptors (Lipinski definition) is 0. The highest BCUT2D eigenvalue weighted by molar-refractivity contribution is 6.08. The maximum atomic E-state index is 2.58. The third-order valence-corrected chi connectivity index (χ3v) is 0. The first-order chi connectivity index (χ1) is 2.41. The Kier molecular flexibility index (Phi) is 1400. The largest absolute Gasteiger partial charge is 0.412 e. The highest BCUT2D eigenvalue weighted by Crippen LogP contribution is 1.49. The van der Waals surface area contributed by atoms with Gasteiger partial charge in [-0.3, -0.25) is 0 Å². The van der Waals surface area contributed by atoms with E-state index in [1.165, 1.54) is 5.28 Å². The van der Waals surface area contributed by atoms with Crippen LogP contribution in [0.1, 0.15) is 35.6 Å². The summed E-state index contributed by atoms with van der Waals surface area (Å²) in [5, 5.41) is 1.17. The topological polar surface area (TPSA) is 63.0 Å². The van der Waals surface area contributed by atoms with Gasteiger partial charge in [-0.2, -0.15) is 0 Å². The lowest BCUT2D eigenvalue weighted by Gasteiger charge is -1.47. The molecule has 2 radical (unpaired) electrons. The third-order valence-electron chi connectivity index (χ3n) is 0. The van der Waals surface area contributed by atoms with Crippen LogP contribution in [0.15, 0.2) is 0 Å². The molecule has 0 aromatic heterocycles. The molecule has 4 N–H and O–H groups in total. The van der Waals surface area contributed by atoms with E-state index in [0.29, 0.717) is 0 Å². The molecule has 0 saturated carbocycles.